The van der Waals surface area contributed by atoms with Crippen LogP contribution in [0, 0.1) is 0 Å². The zero-order valence-corrected chi connectivity index (χ0v) is 12.4. The maximum absolute atomic E-state index is 5.87. The molecular formula is C16H31NO. The van der Waals surface area contributed by atoms with Gasteiger partial charge in [0.25, 0.3) is 0 Å². The van der Waals surface area contributed by atoms with Gasteiger partial charge in [0.1, 0.15) is 0 Å². The molecule has 18 heavy (non-hydrogen) atoms. The molecule has 106 valence electrons. The molecule has 1 heterocycles. The molecule has 2 rings (SSSR count). The molecule has 2 atom stereocenters. The lowest BCUT2D eigenvalue weighted by atomic mass is 9.95. The summed E-state index contributed by atoms with van der Waals surface area (Å²) in [4.78, 5) is 2.72. The Labute approximate surface area is 113 Å². The van der Waals surface area contributed by atoms with E-state index in [1.807, 2.05) is 0 Å². The summed E-state index contributed by atoms with van der Waals surface area (Å²) in [6, 6.07) is 0.830. The van der Waals surface area contributed by atoms with Crippen LogP contribution in [0.5, 0.6) is 0 Å². The van der Waals surface area contributed by atoms with E-state index in [1.165, 1.54) is 57.8 Å². The van der Waals surface area contributed by atoms with Crippen LogP contribution in [0.2, 0.25) is 0 Å². The first-order chi connectivity index (χ1) is 8.75. The smallest absolute Gasteiger partial charge is 0.0678 e. The first-order valence-corrected chi connectivity index (χ1v) is 8.15. The highest BCUT2D eigenvalue weighted by atomic mass is 16.5. The lowest BCUT2D eigenvalue weighted by Crippen LogP contribution is -2.50. The van der Waals surface area contributed by atoms with Crippen LogP contribution in [0.1, 0.15) is 71.6 Å². The zero-order chi connectivity index (χ0) is 12.8. The molecule has 0 radical (unpaired) electrons. The summed E-state index contributed by atoms with van der Waals surface area (Å²) in [5.41, 5.74) is 0. The molecule has 0 bridgehead atoms. The van der Waals surface area contributed by atoms with Crippen molar-refractivity contribution in [1.82, 2.24) is 4.90 Å². The minimum atomic E-state index is 0.421. The maximum Gasteiger partial charge on any atom is 0.0678 e. The summed E-state index contributed by atoms with van der Waals surface area (Å²) in [7, 11) is 0. The zero-order valence-electron chi connectivity index (χ0n) is 12.4. The van der Waals surface area contributed by atoms with Crippen molar-refractivity contribution in [3.05, 3.63) is 0 Å². The van der Waals surface area contributed by atoms with Crippen molar-refractivity contribution >= 4 is 0 Å². The maximum atomic E-state index is 5.87. The Bertz CT molecular complexity index is 211. The number of morpholine rings is 1. The second-order valence-corrected chi connectivity index (χ2v) is 6.42. The van der Waals surface area contributed by atoms with Crippen LogP contribution < -0.4 is 0 Å². The van der Waals surface area contributed by atoms with Gasteiger partial charge in [-0.2, -0.15) is 0 Å². The van der Waals surface area contributed by atoms with Crippen molar-refractivity contribution in [3.8, 4) is 0 Å². The van der Waals surface area contributed by atoms with Crippen molar-refractivity contribution in [3.63, 3.8) is 0 Å². The Morgan fingerprint density at radius 3 is 1.67 bits per heavy atom. The van der Waals surface area contributed by atoms with Crippen molar-refractivity contribution in [2.75, 3.05) is 13.1 Å². The summed E-state index contributed by atoms with van der Waals surface area (Å²) in [5, 5.41) is 0. The number of nitrogens with zero attached hydrogens (tertiary/aromatic N) is 1. The quantitative estimate of drug-likeness (QED) is 0.700. The molecule has 0 aromatic rings. The molecule has 2 aliphatic rings. The fraction of sp³-hybridized carbons (Fsp3) is 1.00. The average Bonchev–Trinajstić information content (AvgIpc) is 2.34. The monoisotopic (exact) mass is 253 g/mol. The van der Waals surface area contributed by atoms with Gasteiger partial charge in [-0.3, -0.25) is 4.90 Å². The van der Waals surface area contributed by atoms with Crippen molar-refractivity contribution in [1.29, 1.82) is 0 Å². The molecule has 0 spiro atoms. The third-order valence-electron chi connectivity index (χ3n) is 4.54. The standard InChI is InChI=1S/C16H31NO/c1-14-12-17(13-15(2)18-14)16-10-8-6-4-3-5-7-9-11-16/h14-16H,3-13H2,1-2H3/t14-,15-/m0/s1. The summed E-state index contributed by atoms with van der Waals surface area (Å²) in [6.45, 7) is 6.75. The van der Waals surface area contributed by atoms with E-state index < -0.39 is 0 Å². The molecular weight excluding hydrogens is 222 g/mol. The summed E-state index contributed by atoms with van der Waals surface area (Å²) in [5.74, 6) is 0. The van der Waals surface area contributed by atoms with Crippen LogP contribution >= 0.6 is 0 Å². The van der Waals surface area contributed by atoms with Gasteiger partial charge in [-0.15, -0.1) is 0 Å². The molecule has 0 aromatic heterocycles. The van der Waals surface area contributed by atoms with Gasteiger partial charge in [0.15, 0.2) is 0 Å². The molecule has 2 heteroatoms. The first kappa shape index (κ1) is 14.3. The molecule has 0 amide bonds. The fourth-order valence-electron chi connectivity index (χ4n) is 3.67. The minimum Gasteiger partial charge on any atom is -0.373 e. The Balaban J connectivity index is 1.86. The lowest BCUT2D eigenvalue weighted by molar-refractivity contribution is -0.0825. The molecule has 0 N–H and O–H groups in total. The average molecular weight is 253 g/mol. The number of hydrogen-bond acceptors (Lipinski definition) is 2. The third kappa shape index (κ3) is 4.55. The topological polar surface area (TPSA) is 12.5 Å². The minimum absolute atomic E-state index is 0.421. The van der Waals surface area contributed by atoms with Gasteiger partial charge in [0, 0.05) is 19.1 Å². The normalized spacial score (nSPS) is 34.3. The summed E-state index contributed by atoms with van der Waals surface area (Å²) >= 11 is 0. The number of rotatable bonds is 1. The van der Waals surface area contributed by atoms with Gasteiger partial charge in [-0.1, -0.05) is 44.9 Å². The van der Waals surface area contributed by atoms with Crippen LogP contribution in [-0.4, -0.2) is 36.2 Å². The fourth-order valence-corrected chi connectivity index (χ4v) is 3.67. The number of ether oxygens (including phenoxy) is 1. The molecule has 1 aliphatic carbocycles. The predicted octanol–water partition coefficient (Wildman–Crippen LogP) is 3.99. The highest BCUT2D eigenvalue weighted by Crippen LogP contribution is 2.23. The Morgan fingerprint density at radius 2 is 1.17 bits per heavy atom. The number of hydrogen-bond donors (Lipinski definition) is 0. The van der Waals surface area contributed by atoms with Gasteiger partial charge >= 0.3 is 0 Å². The molecule has 0 aromatic carbocycles. The van der Waals surface area contributed by atoms with E-state index in [-0.39, 0.29) is 0 Å². The van der Waals surface area contributed by atoms with Crippen molar-refractivity contribution in [2.45, 2.75) is 89.9 Å². The Hall–Kier alpha value is -0.0800. The highest BCUT2D eigenvalue weighted by Gasteiger charge is 2.27. The molecule has 1 saturated heterocycles. The largest absolute Gasteiger partial charge is 0.373 e. The van der Waals surface area contributed by atoms with Gasteiger partial charge in [-0.05, 0) is 26.7 Å². The van der Waals surface area contributed by atoms with Crippen LogP contribution in [0.15, 0.2) is 0 Å². The Morgan fingerprint density at radius 1 is 0.722 bits per heavy atom. The predicted molar refractivity (Wildman–Crippen MR) is 76.9 cm³/mol. The van der Waals surface area contributed by atoms with Crippen LogP contribution in [0.4, 0.5) is 0 Å². The van der Waals surface area contributed by atoms with E-state index in [4.69, 9.17) is 4.74 Å². The van der Waals surface area contributed by atoms with Gasteiger partial charge < -0.3 is 4.74 Å². The van der Waals surface area contributed by atoms with E-state index >= 15 is 0 Å². The second kappa shape index (κ2) is 7.49. The van der Waals surface area contributed by atoms with E-state index in [1.54, 1.807) is 0 Å². The van der Waals surface area contributed by atoms with E-state index in [9.17, 15) is 0 Å². The van der Waals surface area contributed by atoms with E-state index in [2.05, 4.69) is 18.7 Å². The molecule has 2 nitrogen and oxygen atoms in total. The lowest BCUT2D eigenvalue weighted by Gasteiger charge is -2.40. The third-order valence-corrected chi connectivity index (χ3v) is 4.54. The summed E-state index contributed by atoms with van der Waals surface area (Å²) in [6.07, 6.45) is 13.8. The second-order valence-electron chi connectivity index (χ2n) is 6.42. The first-order valence-electron chi connectivity index (χ1n) is 8.15. The molecule has 1 aliphatic heterocycles. The molecule has 2 fully saturated rings. The van der Waals surface area contributed by atoms with Crippen LogP contribution in [-0.2, 0) is 4.74 Å². The van der Waals surface area contributed by atoms with E-state index in [0.717, 1.165) is 19.1 Å². The van der Waals surface area contributed by atoms with Crippen molar-refractivity contribution in [2.24, 2.45) is 0 Å². The molecule has 1 saturated carbocycles. The highest BCUT2D eigenvalue weighted by molar-refractivity contribution is 4.80. The van der Waals surface area contributed by atoms with Gasteiger partial charge in [0.05, 0.1) is 12.2 Å². The molecule has 0 unspecified atom stereocenters. The SMILES string of the molecule is C[C@H]1CN(C2CCCCCCCCC2)C[C@H](C)O1. The van der Waals surface area contributed by atoms with Crippen LogP contribution in [0.25, 0.3) is 0 Å². The van der Waals surface area contributed by atoms with E-state index in [0.29, 0.717) is 12.2 Å². The van der Waals surface area contributed by atoms with Gasteiger partial charge in [0.2, 0.25) is 0 Å². The Kier molecular flexibility index (Phi) is 5.97. The van der Waals surface area contributed by atoms with Gasteiger partial charge in [-0.25, -0.2) is 0 Å². The van der Waals surface area contributed by atoms with Crippen molar-refractivity contribution < 1.29 is 4.74 Å². The summed E-state index contributed by atoms with van der Waals surface area (Å²) < 4.78 is 5.87. The van der Waals surface area contributed by atoms with Crippen LogP contribution in [0.3, 0.4) is 0 Å².